The Hall–Kier alpha value is -1.54. The molecule has 0 fully saturated rings. The van der Waals surface area contributed by atoms with Crippen molar-refractivity contribution >= 4 is 39.5 Å². The van der Waals surface area contributed by atoms with Crippen LogP contribution in [0.2, 0.25) is 0 Å². The highest BCUT2D eigenvalue weighted by Gasteiger charge is 2.21. The maximum Gasteiger partial charge on any atom is 0.235 e. The van der Waals surface area contributed by atoms with E-state index in [4.69, 9.17) is 11.5 Å². The van der Waals surface area contributed by atoms with Crippen molar-refractivity contribution in [3.8, 4) is 0 Å². The summed E-state index contributed by atoms with van der Waals surface area (Å²) in [5, 5.41) is 6.22. The molecule has 18 heavy (non-hydrogen) atoms. The SMILES string of the molecule is NC(=O)[C@@H](Sc1n[nH]c(N)n1)c1ccc(Br)cc1. The van der Waals surface area contributed by atoms with Crippen molar-refractivity contribution in [2.45, 2.75) is 10.4 Å². The summed E-state index contributed by atoms with van der Waals surface area (Å²) in [5.41, 5.74) is 11.6. The normalized spacial score (nSPS) is 12.3. The zero-order valence-electron chi connectivity index (χ0n) is 9.13. The van der Waals surface area contributed by atoms with Gasteiger partial charge in [-0.15, -0.1) is 5.10 Å². The van der Waals surface area contributed by atoms with Crippen molar-refractivity contribution in [2.24, 2.45) is 5.73 Å². The fourth-order valence-electron chi connectivity index (χ4n) is 1.34. The summed E-state index contributed by atoms with van der Waals surface area (Å²) in [7, 11) is 0. The van der Waals surface area contributed by atoms with Crippen LogP contribution in [0.5, 0.6) is 0 Å². The van der Waals surface area contributed by atoms with E-state index in [9.17, 15) is 4.79 Å². The van der Waals surface area contributed by atoms with Crippen LogP contribution in [0.15, 0.2) is 33.9 Å². The van der Waals surface area contributed by atoms with E-state index in [0.29, 0.717) is 5.16 Å². The van der Waals surface area contributed by atoms with Crippen LogP contribution in [-0.2, 0) is 4.79 Å². The number of primary amides is 1. The number of nitrogens with two attached hydrogens (primary N) is 2. The summed E-state index contributed by atoms with van der Waals surface area (Å²) in [6, 6.07) is 7.33. The van der Waals surface area contributed by atoms with Crippen LogP contribution in [-0.4, -0.2) is 21.1 Å². The molecule has 5 N–H and O–H groups in total. The number of thioether (sulfide) groups is 1. The first-order valence-corrected chi connectivity index (χ1v) is 6.63. The molecule has 2 rings (SSSR count). The van der Waals surface area contributed by atoms with E-state index in [1.165, 1.54) is 0 Å². The number of H-pyrrole nitrogens is 1. The summed E-state index contributed by atoms with van der Waals surface area (Å²) in [4.78, 5) is 15.4. The molecule has 0 aliphatic carbocycles. The Labute approximate surface area is 116 Å². The van der Waals surface area contributed by atoms with Crippen LogP contribution < -0.4 is 11.5 Å². The lowest BCUT2D eigenvalue weighted by molar-refractivity contribution is -0.117. The monoisotopic (exact) mass is 327 g/mol. The van der Waals surface area contributed by atoms with Gasteiger partial charge in [0.1, 0.15) is 5.25 Å². The zero-order valence-corrected chi connectivity index (χ0v) is 11.5. The van der Waals surface area contributed by atoms with Crippen molar-refractivity contribution in [1.29, 1.82) is 0 Å². The average Bonchev–Trinajstić information content (AvgIpc) is 2.73. The molecule has 6 nitrogen and oxygen atoms in total. The van der Waals surface area contributed by atoms with Crippen LogP contribution in [0.3, 0.4) is 0 Å². The molecule has 0 aliphatic rings. The lowest BCUT2D eigenvalue weighted by Gasteiger charge is -2.11. The number of halogens is 1. The third-order valence-corrected chi connectivity index (χ3v) is 3.80. The predicted octanol–water partition coefficient (Wildman–Crippen LogP) is 1.47. The van der Waals surface area contributed by atoms with Gasteiger partial charge in [-0.2, -0.15) is 4.98 Å². The number of aromatic nitrogens is 3. The Morgan fingerprint density at radius 2 is 2.06 bits per heavy atom. The number of carbonyl (C=O) groups is 1. The Morgan fingerprint density at radius 1 is 1.39 bits per heavy atom. The largest absolute Gasteiger partial charge is 0.368 e. The summed E-state index contributed by atoms with van der Waals surface area (Å²) in [6.45, 7) is 0. The van der Waals surface area contributed by atoms with Crippen molar-refractivity contribution in [2.75, 3.05) is 5.73 Å². The van der Waals surface area contributed by atoms with Crippen LogP contribution >= 0.6 is 27.7 Å². The van der Waals surface area contributed by atoms with Gasteiger partial charge in [-0.3, -0.25) is 4.79 Å². The van der Waals surface area contributed by atoms with Gasteiger partial charge < -0.3 is 11.5 Å². The number of nitrogens with zero attached hydrogens (tertiary/aromatic N) is 2. The average molecular weight is 328 g/mol. The molecule has 0 radical (unpaired) electrons. The Balaban J connectivity index is 2.23. The number of anilines is 1. The van der Waals surface area contributed by atoms with Crippen molar-refractivity contribution in [3.63, 3.8) is 0 Å². The number of nitrogens with one attached hydrogen (secondary N) is 1. The van der Waals surface area contributed by atoms with Crippen molar-refractivity contribution < 1.29 is 4.79 Å². The number of hydrogen-bond acceptors (Lipinski definition) is 5. The summed E-state index contributed by atoms with van der Waals surface area (Å²) in [5.74, 6) is -0.248. The van der Waals surface area contributed by atoms with E-state index in [1.807, 2.05) is 24.3 Å². The van der Waals surface area contributed by atoms with Crippen LogP contribution in [0, 0.1) is 0 Å². The molecule has 0 aliphatic heterocycles. The van der Waals surface area contributed by atoms with Gasteiger partial charge in [0.25, 0.3) is 0 Å². The quantitative estimate of drug-likeness (QED) is 0.736. The highest BCUT2D eigenvalue weighted by Crippen LogP contribution is 2.33. The van der Waals surface area contributed by atoms with Crippen molar-refractivity contribution in [3.05, 3.63) is 34.3 Å². The minimum absolute atomic E-state index is 0.205. The molecular formula is C10H10BrN5OS. The van der Waals surface area contributed by atoms with Gasteiger partial charge >= 0.3 is 0 Å². The molecule has 8 heteroatoms. The van der Waals surface area contributed by atoms with E-state index in [0.717, 1.165) is 21.8 Å². The maximum absolute atomic E-state index is 11.5. The minimum Gasteiger partial charge on any atom is -0.368 e. The van der Waals surface area contributed by atoms with Gasteiger partial charge in [-0.1, -0.05) is 39.8 Å². The molecule has 0 bridgehead atoms. The molecule has 2 aromatic rings. The number of benzene rings is 1. The first-order chi connectivity index (χ1) is 8.56. The van der Waals surface area contributed by atoms with Crippen LogP contribution in [0.25, 0.3) is 0 Å². The summed E-state index contributed by atoms with van der Waals surface area (Å²) < 4.78 is 0.932. The third kappa shape index (κ3) is 3.02. The van der Waals surface area contributed by atoms with Gasteiger partial charge in [-0.05, 0) is 17.7 Å². The van der Waals surface area contributed by atoms with E-state index in [2.05, 4.69) is 31.1 Å². The summed E-state index contributed by atoms with van der Waals surface area (Å²) in [6.07, 6.45) is 0. The van der Waals surface area contributed by atoms with Gasteiger partial charge in [0.15, 0.2) is 0 Å². The van der Waals surface area contributed by atoms with Gasteiger partial charge in [-0.25, -0.2) is 5.10 Å². The highest BCUT2D eigenvalue weighted by atomic mass is 79.9. The molecule has 1 heterocycles. The third-order valence-electron chi connectivity index (χ3n) is 2.14. The molecule has 94 valence electrons. The molecule has 0 saturated heterocycles. The highest BCUT2D eigenvalue weighted by molar-refractivity contribution is 9.10. The van der Waals surface area contributed by atoms with Crippen LogP contribution in [0.4, 0.5) is 5.95 Å². The number of aromatic amines is 1. The fraction of sp³-hybridized carbons (Fsp3) is 0.100. The molecule has 0 saturated carbocycles. The molecule has 0 spiro atoms. The fourth-order valence-corrected chi connectivity index (χ4v) is 2.48. The van der Waals surface area contributed by atoms with E-state index < -0.39 is 11.2 Å². The molecular weight excluding hydrogens is 318 g/mol. The predicted molar refractivity (Wildman–Crippen MR) is 72.7 cm³/mol. The van der Waals surface area contributed by atoms with Crippen LogP contribution in [0.1, 0.15) is 10.8 Å². The van der Waals surface area contributed by atoms with E-state index in [-0.39, 0.29) is 5.95 Å². The summed E-state index contributed by atoms with van der Waals surface area (Å²) >= 11 is 4.49. The topological polar surface area (TPSA) is 111 Å². The zero-order chi connectivity index (χ0) is 13.1. The van der Waals surface area contributed by atoms with Gasteiger partial charge in [0.2, 0.25) is 17.0 Å². The van der Waals surface area contributed by atoms with Gasteiger partial charge in [0, 0.05) is 4.47 Å². The second kappa shape index (κ2) is 5.40. The maximum atomic E-state index is 11.5. The number of nitrogen functional groups attached to an aromatic ring is 1. The molecule has 0 unspecified atom stereocenters. The lowest BCUT2D eigenvalue weighted by Crippen LogP contribution is -2.19. The Morgan fingerprint density at radius 3 is 2.56 bits per heavy atom. The minimum atomic E-state index is -0.548. The smallest absolute Gasteiger partial charge is 0.235 e. The van der Waals surface area contributed by atoms with E-state index in [1.54, 1.807) is 0 Å². The molecule has 1 aromatic heterocycles. The number of hydrogen-bond donors (Lipinski definition) is 3. The first-order valence-electron chi connectivity index (χ1n) is 4.95. The Bertz CT molecular complexity index is 556. The molecule has 1 aromatic carbocycles. The number of rotatable bonds is 4. The second-order valence-corrected chi connectivity index (χ2v) is 5.44. The first kappa shape index (κ1) is 12.9. The number of amides is 1. The second-order valence-electron chi connectivity index (χ2n) is 3.46. The van der Waals surface area contributed by atoms with Crippen molar-refractivity contribution in [1.82, 2.24) is 15.2 Å². The molecule has 1 amide bonds. The standard InChI is InChI=1S/C10H10BrN5OS/c11-6-3-1-5(2-4-6)7(8(12)17)18-10-14-9(13)15-16-10/h1-4,7H,(H2,12,17)(H3,13,14,15,16)/t7-/m0/s1. The lowest BCUT2D eigenvalue weighted by atomic mass is 10.1. The molecule has 1 atom stereocenters. The number of carbonyl (C=O) groups excluding carboxylic acids is 1. The Kier molecular flexibility index (Phi) is 3.87. The van der Waals surface area contributed by atoms with E-state index >= 15 is 0 Å². The van der Waals surface area contributed by atoms with Gasteiger partial charge in [0.05, 0.1) is 0 Å².